The third-order valence-electron chi connectivity index (χ3n) is 2.66. The summed E-state index contributed by atoms with van der Waals surface area (Å²) in [5, 5.41) is 13.8. The van der Waals surface area contributed by atoms with Crippen LogP contribution in [0, 0.1) is 10.1 Å². The fourth-order valence-corrected chi connectivity index (χ4v) is 1.82. The number of hydrogen-bond donors (Lipinski definition) is 1. The van der Waals surface area contributed by atoms with Crippen molar-refractivity contribution in [2.24, 2.45) is 0 Å². The number of anilines is 1. The smallest absolute Gasteiger partial charge is 0.373 e. The van der Waals surface area contributed by atoms with Crippen LogP contribution in [0.2, 0.25) is 5.02 Å². The summed E-state index contributed by atoms with van der Waals surface area (Å²) in [6.07, 6.45) is 0. The van der Waals surface area contributed by atoms with E-state index in [0.29, 0.717) is 11.4 Å². The van der Waals surface area contributed by atoms with Gasteiger partial charge in [0.2, 0.25) is 5.76 Å². The molecule has 0 amide bonds. The first-order valence-electron chi connectivity index (χ1n) is 5.86. The number of nitrogens with zero attached hydrogens (tertiary/aromatic N) is 1. The maximum absolute atomic E-state index is 11.2. The predicted octanol–water partition coefficient (Wildman–Crippen LogP) is 3.24. The average molecular weight is 311 g/mol. The van der Waals surface area contributed by atoms with Gasteiger partial charge in [0.25, 0.3) is 5.69 Å². The highest BCUT2D eigenvalue weighted by atomic mass is 35.5. The van der Waals surface area contributed by atoms with Crippen molar-refractivity contribution in [3.05, 3.63) is 57.0 Å². The number of hydrogen-bond acceptors (Lipinski definition) is 6. The zero-order valence-electron chi connectivity index (χ0n) is 11.0. The molecule has 0 spiro atoms. The normalized spacial score (nSPS) is 10.2. The summed E-state index contributed by atoms with van der Waals surface area (Å²) >= 11 is 5.72. The molecular weight excluding hydrogens is 300 g/mol. The maximum Gasteiger partial charge on any atom is 0.373 e. The summed E-state index contributed by atoms with van der Waals surface area (Å²) in [6.45, 7) is 0.260. The maximum atomic E-state index is 11.2. The van der Waals surface area contributed by atoms with Gasteiger partial charge in [-0.3, -0.25) is 10.1 Å². The molecule has 110 valence electrons. The van der Waals surface area contributed by atoms with Gasteiger partial charge in [0, 0.05) is 11.8 Å². The molecule has 2 aromatic rings. The largest absolute Gasteiger partial charge is 0.463 e. The molecule has 2 rings (SSSR count). The summed E-state index contributed by atoms with van der Waals surface area (Å²) in [5.41, 5.74) is 0.332. The lowest BCUT2D eigenvalue weighted by atomic mass is 10.2. The number of carbonyl (C=O) groups is 1. The molecule has 21 heavy (non-hydrogen) atoms. The molecule has 1 N–H and O–H groups in total. The van der Waals surface area contributed by atoms with Gasteiger partial charge in [-0.25, -0.2) is 4.79 Å². The number of nitro groups is 1. The molecular formula is C13H11ClN2O5. The van der Waals surface area contributed by atoms with Crippen molar-refractivity contribution in [3.63, 3.8) is 0 Å². The third kappa shape index (κ3) is 3.51. The quantitative estimate of drug-likeness (QED) is 0.517. The van der Waals surface area contributed by atoms with Gasteiger partial charge in [0.15, 0.2) is 0 Å². The Morgan fingerprint density at radius 3 is 2.86 bits per heavy atom. The Bertz CT molecular complexity index is 683. The number of halogens is 1. The lowest BCUT2D eigenvalue weighted by molar-refractivity contribution is -0.384. The average Bonchev–Trinajstić information content (AvgIpc) is 2.94. The predicted molar refractivity (Wildman–Crippen MR) is 75.5 cm³/mol. The number of furan rings is 1. The van der Waals surface area contributed by atoms with Gasteiger partial charge in [-0.1, -0.05) is 11.6 Å². The zero-order valence-corrected chi connectivity index (χ0v) is 11.7. The van der Waals surface area contributed by atoms with Crippen LogP contribution in [0.15, 0.2) is 34.7 Å². The lowest BCUT2D eigenvalue weighted by Crippen LogP contribution is -2.00. The fourth-order valence-electron chi connectivity index (χ4n) is 1.63. The molecule has 0 aliphatic rings. The first-order valence-corrected chi connectivity index (χ1v) is 6.24. The van der Waals surface area contributed by atoms with Crippen LogP contribution in [-0.4, -0.2) is 18.0 Å². The lowest BCUT2D eigenvalue weighted by Gasteiger charge is -2.05. The summed E-state index contributed by atoms with van der Waals surface area (Å²) in [6, 6.07) is 7.48. The number of ether oxygens (including phenoxy) is 1. The minimum Gasteiger partial charge on any atom is -0.463 e. The molecule has 0 bridgehead atoms. The first kappa shape index (κ1) is 14.9. The van der Waals surface area contributed by atoms with Gasteiger partial charge < -0.3 is 14.5 Å². The van der Waals surface area contributed by atoms with Crippen LogP contribution in [0.1, 0.15) is 16.3 Å². The molecule has 7 nitrogen and oxygen atoms in total. The van der Waals surface area contributed by atoms with E-state index < -0.39 is 10.9 Å². The number of nitrogens with one attached hydrogen (secondary N) is 1. The second-order valence-corrected chi connectivity index (χ2v) is 4.44. The van der Waals surface area contributed by atoms with Crippen molar-refractivity contribution in [2.45, 2.75) is 6.54 Å². The Morgan fingerprint density at radius 2 is 2.19 bits per heavy atom. The highest BCUT2D eigenvalue weighted by molar-refractivity contribution is 6.32. The van der Waals surface area contributed by atoms with E-state index in [4.69, 9.17) is 16.0 Å². The van der Waals surface area contributed by atoms with Crippen molar-refractivity contribution >= 4 is 28.9 Å². The molecule has 0 aliphatic heterocycles. The van der Waals surface area contributed by atoms with E-state index in [-0.39, 0.29) is 23.0 Å². The molecule has 0 fully saturated rings. The van der Waals surface area contributed by atoms with E-state index in [2.05, 4.69) is 10.1 Å². The van der Waals surface area contributed by atoms with Crippen LogP contribution in [0.5, 0.6) is 0 Å². The molecule has 0 unspecified atom stereocenters. The topological polar surface area (TPSA) is 94.6 Å². The number of rotatable bonds is 5. The number of methoxy groups -OCH3 is 1. The number of esters is 1. The van der Waals surface area contributed by atoms with Gasteiger partial charge in [-0.05, 0) is 24.3 Å². The van der Waals surface area contributed by atoms with Gasteiger partial charge in [-0.15, -0.1) is 0 Å². The number of carbonyl (C=O) groups excluding carboxylic acids is 1. The number of benzene rings is 1. The van der Waals surface area contributed by atoms with E-state index in [0.717, 1.165) is 0 Å². The molecule has 0 atom stereocenters. The highest BCUT2D eigenvalue weighted by Crippen LogP contribution is 2.27. The van der Waals surface area contributed by atoms with Crippen LogP contribution < -0.4 is 5.32 Å². The van der Waals surface area contributed by atoms with Crippen molar-refractivity contribution < 1.29 is 18.9 Å². The number of nitro benzene ring substituents is 1. The molecule has 1 aromatic carbocycles. The Morgan fingerprint density at radius 1 is 1.43 bits per heavy atom. The van der Waals surface area contributed by atoms with Crippen LogP contribution in [0.4, 0.5) is 11.4 Å². The van der Waals surface area contributed by atoms with Gasteiger partial charge >= 0.3 is 5.97 Å². The van der Waals surface area contributed by atoms with Crippen LogP contribution in [0.25, 0.3) is 0 Å². The molecule has 8 heteroatoms. The van der Waals surface area contributed by atoms with E-state index in [9.17, 15) is 14.9 Å². The van der Waals surface area contributed by atoms with Crippen molar-refractivity contribution in [3.8, 4) is 0 Å². The van der Waals surface area contributed by atoms with Crippen molar-refractivity contribution in [1.29, 1.82) is 0 Å². The Balaban J connectivity index is 2.06. The van der Waals surface area contributed by atoms with Crippen LogP contribution in [0.3, 0.4) is 0 Å². The summed E-state index contributed by atoms with van der Waals surface area (Å²) in [5.74, 6) is 0.0211. The second kappa shape index (κ2) is 6.27. The SMILES string of the molecule is COC(=O)c1ccc(CNc2ccc(Cl)c([N+](=O)[O-])c2)o1. The summed E-state index contributed by atoms with van der Waals surface area (Å²) in [7, 11) is 1.26. The minimum absolute atomic E-state index is 0.0662. The molecule has 0 saturated carbocycles. The Hall–Kier alpha value is -2.54. The highest BCUT2D eigenvalue weighted by Gasteiger charge is 2.14. The minimum atomic E-state index is -0.566. The fraction of sp³-hybridized carbons (Fsp3) is 0.154. The van der Waals surface area contributed by atoms with E-state index in [1.807, 2.05) is 0 Å². The molecule has 0 saturated heterocycles. The standard InChI is InChI=1S/C13H11ClN2O5/c1-20-13(17)12-5-3-9(21-12)7-15-8-2-4-10(14)11(6-8)16(18)19/h2-6,15H,7H2,1H3. The monoisotopic (exact) mass is 310 g/mol. The molecule has 1 aromatic heterocycles. The molecule has 0 radical (unpaired) electrons. The van der Waals surface area contributed by atoms with Crippen LogP contribution >= 0.6 is 11.6 Å². The summed E-state index contributed by atoms with van der Waals surface area (Å²) in [4.78, 5) is 21.5. The van der Waals surface area contributed by atoms with Crippen molar-refractivity contribution in [1.82, 2.24) is 0 Å². The van der Waals surface area contributed by atoms with E-state index in [1.165, 1.54) is 25.3 Å². The molecule has 0 aliphatic carbocycles. The zero-order chi connectivity index (χ0) is 15.4. The first-order chi connectivity index (χ1) is 10.0. The van der Waals surface area contributed by atoms with E-state index in [1.54, 1.807) is 12.1 Å². The van der Waals surface area contributed by atoms with Crippen LogP contribution in [-0.2, 0) is 11.3 Å². The Kier molecular flexibility index (Phi) is 4.44. The third-order valence-corrected chi connectivity index (χ3v) is 2.98. The van der Waals surface area contributed by atoms with Gasteiger partial charge in [0.05, 0.1) is 18.6 Å². The van der Waals surface area contributed by atoms with Crippen molar-refractivity contribution in [2.75, 3.05) is 12.4 Å². The molecule has 1 heterocycles. The second-order valence-electron chi connectivity index (χ2n) is 4.03. The van der Waals surface area contributed by atoms with Gasteiger partial charge in [0.1, 0.15) is 10.8 Å². The van der Waals surface area contributed by atoms with E-state index >= 15 is 0 Å². The summed E-state index contributed by atoms with van der Waals surface area (Å²) < 4.78 is 9.79. The Labute approximate surface area is 124 Å². The van der Waals surface area contributed by atoms with Gasteiger partial charge in [-0.2, -0.15) is 0 Å².